The van der Waals surface area contributed by atoms with E-state index in [0.29, 0.717) is 28.0 Å². The Kier molecular flexibility index (Phi) is 5.62. The maximum absolute atomic E-state index is 13.2. The Balaban J connectivity index is 1.44. The SMILES string of the molecule is C#Cc1cccc(Nc2ncnc3ccc(NS(=O)(=O)C(C)N4C(=O)c5ccccc5C4=O)cc23)c1. The molecule has 0 radical (unpaired) electrons. The number of sulfonamides is 1. The molecule has 1 aromatic heterocycles. The van der Waals surface area contributed by atoms with E-state index in [2.05, 4.69) is 25.9 Å². The summed E-state index contributed by atoms with van der Waals surface area (Å²) in [4.78, 5) is 34.8. The minimum atomic E-state index is -4.18. The van der Waals surface area contributed by atoms with Gasteiger partial charge in [0.15, 0.2) is 5.37 Å². The van der Waals surface area contributed by atoms with Gasteiger partial charge in [0.25, 0.3) is 21.8 Å². The van der Waals surface area contributed by atoms with Crippen molar-refractivity contribution in [1.82, 2.24) is 14.9 Å². The molecule has 0 saturated carbocycles. The van der Waals surface area contributed by atoms with Crippen molar-refractivity contribution in [1.29, 1.82) is 0 Å². The Morgan fingerprint density at radius 1 is 0.917 bits per heavy atom. The molecule has 1 aliphatic heterocycles. The topological polar surface area (TPSA) is 121 Å². The third kappa shape index (κ3) is 4.01. The monoisotopic (exact) mass is 497 g/mol. The lowest BCUT2D eigenvalue weighted by Crippen LogP contribution is -2.45. The first-order chi connectivity index (χ1) is 17.3. The Morgan fingerprint density at radius 2 is 1.64 bits per heavy atom. The summed E-state index contributed by atoms with van der Waals surface area (Å²) in [6.45, 7) is 1.29. The number of amides is 2. The van der Waals surface area contributed by atoms with Gasteiger partial charge >= 0.3 is 0 Å². The molecule has 1 unspecified atom stereocenters. The average Bonchev–Trinajstić information content (AvgIpc) is 3.13. The van der Waals surface area contributed by atoms with Crippen LogP contribution in [0.1, 0.15) is 33.2 Å². The van der Waals surface area contributed by atoms with Crippen molar-refractivity contribution in [3.63, 3.8) is 0 Å². The van der Waals surface area contributed by atoms with Crippen LogP contribution < -0.4 is 10.0 Å². The molecule has 4 aromatic rings. The highest BCUT2D eigenvalue weighted by molar-refractivity contribution is 7.93. The summed E-state index contributed by atoms with van der Waals surface area (Å²) >= 11 is 0. The minimum Gasteiger partial charge on any atom is -0.340 e. The van der Waals surface area contributed by atoms with E-state index in [4.69, 9.17) is 6.42 Å². The molecule has 1 atom stereocenters. The summed E-state index contributed by atoms with van der Waals surface area (Å²) in [5, 5.41) is 2.28. The molecule has 2 amide bonds. The van der Waals surface area contributed by atoms with Crippen molar-refractivity contribution < 1.29 is 18.0 Å². The Hall–Kier alpha value is -4.75. The molecule has 178 valence electrons. The van der Waals surface area contributed by atoms with Crippen LogP contribution >= 0.6 is 0 Å². The molecule has 0 aliphatic carbocycles. The molecular weight excluding hydrogens is 478 g/mol. The van der Waals surface area contributed by atoms with Crippen molar-refractivity contribution in [2.45, 2.75) is 12.3 Å². The van der Waals surface area contributed by atoms with E-state index in [1.54, 1.807) is 48.5 Å². The van der Waals surface area contributed by atoms with Crippen LogP contribution in [0.5, 0.6) is 0 Å². The molecule has 0 fully saturated rings. The van der Waals surface area contributed by atoms with Crippen LogP contribution in [-0.2, 0) is 10.0 Å². The maximum Gasteiger partial charge on any atom is 0.262 e. The van der Waals surface area contributed by atoms with Gasteiger partial charge in [-0.3, -0.25) is 19.2 Å². The Labute approximate surface area is 207 Å². The number of terminal acetylenes is 1. The molecular formula is C26H19N5O4S. The molecule has 3 aromatic carbocycles. The molecule has 2 heterocycles. The quantitative estimate of drug-likeness (QED) is 0.307. The molecule has 5 rings (SSSR count). The van der Waals surface area contributed by atoms with E-state index >= 15 is 0 Å². The second kappa shape index (κ2) is 8.79. The van der Waals surface area contributed by atoms with E-state index in [-0.39, 0.29) is 16.8 Å². The summed E-state index contributed by atoms with van der Waals surface area (Å²) < 4.78 is 28.9. The fourth-order valence-corrected chi connectivity index (χ4v) is 5.06. The fourth-order valence-electron chi connectivity index (χ4n) is 3.97. The van der Waals surface area contributed by atoms with E-state index in [1.807, 2.05) is 6.07 Å². The van der Waals surface area contributed by atoms with Gasteiger partial charge < -0.3 is 5.32 Å². The highest BCUT2D eigenvalue weighted by atomic mass is 32.2. The van der Waals surface area contributed by atoms with Gasteiger partial charge in [-0.05, 0) is 55.5 Å². The number of benzene rings is 3. The normalized spacial score (nSPS) is 13.8. The first-order valence-electron chi connectivity index (χ1n) is 10.9. The highest BCUT2D eigenvalue weighted by Crippen LogP contribution is 2.29. The predicted octanol–water partition coefficient (Wildman–Crippen LogP) is 3.74. The lowest BCUT2D eigenvalue weighted by molar-refractivity contribution is 0.0640. The van der Waals surface area contributed by atoms with Gasteiger partial charge in [0.2, 0.25) is 0 Å². The number of anilines is 3. The Morgan fingerprint density at radius 3 is 2.33 bits per heavy atom. The highest BCUT2D eigenvalue weighted by Gasteiger charge is 2.43. The molecule has 0 saturated heterocycles. The van der Waals surface area contributed by atoms with E-state index in [0.717, 1.165) is 4.90 Å². The zero-order valence-corrected chi connectivity index (χ0v) is 19.8. The van der Waals surface area contributed by atoms with Gasteiger partial charge in [0, 0.05) is 22.3 Å². The molecule has 0 spiro atoms. The lowest BCUT2D eigenvalue weighted by atomic mass is 10.1. The second-order valence-electron chi connectivity index (χ2n) is 8.08. The average molecular weight is 498 g/mol. The van der Waals surface area contributed by atoms with Crippen molar-refractivity contribution in [3.8, 4) is 12.3 Å². The third-order valence-electron chi connectivity index (χ3n) is 5.83. The summed E-state index contributed by atoms with van der Waals surface area (Å²) in [5.74, 6) is 1.71. The number of rotatable bonds is 6. The van der Waals surface area contributed by atoms with Crippen LogP contribution in [0.25, 0.3) is 10.9 Å². The predicted molar refractivity (Wildman–Crippen MR) is 136 cm³/mol. The standard InChI is InChI=1S/C26H19N5O4S/c1-3-17-7-6-8-18(13-17)29-24-22-14-19(11-12-23(22)27-15-28-24)30-36(34,35)16(2)31-25(32)20-9-4-5-10-21(20)26(31)33/h1,4-16,30H,2H3,(H,27,28,29). The van der Waals surface area contributed by atoms with Gasteiger partial charge in [-0.15, -0.1) is 6.42 Å². The summed E-state index contributed by atoms with van der Waals surface area (Å²) in [5.41, 5.74) is 2.55. The molecule has 10 heteroatoms. The van der Waals surface area contributed by atoms with Crippen LogP contribution in [-0.4, -0.2) is 40.5 Å². The number of nitrogens with one attached hydrogen (secondary N) is 2. The third-order valence-corrected chi connectivity index (χ3v) is 7.45. The van der Waals surface area contributed by atoms with Crippen molar-refractivity contribution >= 4 is 49.9 Å². The summed E-state index contributed by atoms with van der Waals surface area (Å²) in [7, 11) is -4.18. The molecule has 0 bridgehead atoms. The summed E-state index contributed by atoms with van der Waals surface area (Å²) in [6.07, 6.45) is 6.87. The van der Waals surface area contributed by atoms with E-state index in [1.165, 1.54) is 25.4 Å². The van der Waals surface area contributed by atoms with Gasteiger partial charge in [-0.2, -0.15) is 0 Å². The number of fused-ring (bicyclic) bond motifs is 2. The number of hydrogen-bond donors (Lipinski definition) is 2. The first-order valence-corrected chi connectivity index (χ1v) is 12.4. The Bertz CT molecular complexity index is 1660. The number of aromatic nitrogens is 2. The molecule has 9 nitrogen and oxygen atoms in total. The smallest absolute Gasteiger partial charge is 0.262 e. The van der Waals surface area contributed by atoms with Crippen LogP contribution in [0.15, 0.2) is 73.1 Å². The second-order valence-corrected chi connectivity index (χ2v) is 10.1. The largest absolute Gasteiger partial charge is 0.340 e. The molecule has 36 heavy (non-hydrogen) atoms. The number of imide groups is 1. The zero-order valence-electron chi connectivity index (χ0n) is 19.0. The minimum absolute atomic E-state index is 0.178. The number of carbonyl (C=O) groups excluding carboxylic acids is 2. The maximum atomic E-state index is 13.2. The van der Waals surface area contributed by atoms with Gasteiger partial charge in [0.1, 0.15) is 12.1 Å². The molecule has 1 aliphatic rings. The van der Waals surface area contributed by atoms with Gasteiger partial charge in [0.05, 0.1) is 16.6 Å². The van der Waals surface area contributed by atoms with E-state index in [9.17, 15) is 18.0 Å². The van der Waals surface area contributed by atoms with Gasteiger partial charge in [-0.25, -0.2) is 18.4 Å². The van der Waals surface area contributed by atoms with E-state index < -0.39 is 27.2 Å². The summed E-state index contributed by atoms with van der Waals surface area (Å²) in [6, 6.07) is 18.2. The first kappa shape index (κ1) is 23.0. The van der Waals surface area contributed by atoms with Crippen LogP contribution in [0, 0.1) is 12.3 Å². The van der Waals surface area contributed by atoms with Gasteiger partial charge in [-0.1, -0.05) is 24.1 Å². The van der Waals surface area contributed by atoms with Crippen molar-refractivity contribution in [2.24, 2.45) is 0 Å². The number of carbonyl (C=O) groups is 2. The van der Waals surface area contributed by atoms with Crippen molar-refractivity contribution in [3.05, 3.63) is 89.7 Å². The van der Waals surface area contributed by atoms with Crippen LogP contribution in [0.2, 0.25) is 0 Å². The van der Waals surface area contributed by atoms with Crippen molar-refractivity contribution in [2.75, 3.05) is 10.0 Å². The number of hydrogen-bond acceptors (Lipinski definition) is 7. The molecule has 2 N–H and O–H groups in total. The fraction of sp³-hybridized carbons (Fsp3) is 0.0769. The number of nitrogens with zero attached hydrogens (tertiary/aromatic N) is 3. The zero-order chi connectivity index (χ0) is 25.4. The van der Waals surface area contributed by atoms with Crippen LogP contribution in [0.3, 0.4) is 0 Å². The van der Waals surface area contributed by atoms with Crippen LogP contribution in [0.4, 0.5) is 17.2 Å². The lowest BCUT2D eigenvalue weighted by Gasteiger charge is -2.23.